The summed E-state index contributed by atoms with van der Waals surface area (Å²) < 4.78 is 12.4. The van der Waals surface area contributed by atoms with Crippen molar-refractivity contribution in [3.63, 3.8) is 0 Å². The zero-order valence-corrected chi connectivity index (χ0v) is 19.5. The minimum absolute atomic E-state index is 0.0458. The average Bonchev–Trinajstić information content (AvgIpc) is 2.58. The van der Waals surface area contributed by atoms with Gasteiger partial charge in [0, 0.05) is 12.5 Å². The Morgan fingerprint density at radius 3 is 2.26 bits per heavy atom. The molecule has 1 aromatic carbocycles. The summed E-state index contributed by atoms with van der Waals surface area (Å²) in [5, 5.41) is 0.162. The molecule has 27 heavy (non-hydrogen) atoms. The molecule has 2 rings (SSSR count). The van der Waals surface area contributed by atoms with Crippen molar-refractivity contribution >= 4 is 14.3 Å². The monoisotopic (exact) mass is 390 g/mol. The van der Waals surface area contributed by atoms with Crippen LogP contribution in [0.2, 0.25) is 18.1 Å². The van der Waals surface area contributed by atoms with Gasteiger partial charge in [0.1, 0.15) is 11.5 Å². The predicted octanol–water partition coefficient (Wildman–Crippen LogP) is 5.99. The lowest BCUT2D eigenvalue weighted by Gasteiger charge is -2.49. The van der Waals surface area contributed by atoms with E-state index in [-0.39, 0.29) is 34.5 Å². The number of benzene rings is 1. The number of rotatable bonds is 8. The van der Waals surface area contributed by atoms with Crippen molar-refractivity contribution in [1.82, 2.24) is 0 Å². The Balaban J connectivity index is 2.13. The van der Waals surface area contributed by atoms with Gasteiger partial charge < -0.3 is 9.16 Å². The molecule has 0 aliphatic carbocycles. The molecule has 0 N–H and O–H groups in total. The summed E-state index contributed by atoms with van der Waals surface area (Å²) in [5.74, 6) is 0.211. The van der Waals surface area contributed by atoms with Crippen molar-refractivity contribution in [2.75, 3.05) is 0 Å². The summed E-state index contributed by atoms with van der Waals surface area (Å²) in [7, 11) is -1.89. The number of hydrogen-bond donors (Lipinski definition) is 0. The van der Waals surface area contributed by atoms with Gasteiger partial charge in [-0.25, -0.2) is 0 Å². The highest BCUT2D eigenvalue weighted by Crippen LogP contribution is 2.46. The molecule has 1 heterocycles. The van der Waals surface area contributed by atoms with Gasteiger partial charge in [-0.15, -0.1) is 0 Å². The number of ether oxygens (including phenoxy) is 1. The fourth-order valence-corrected chi connectivity index (χ4v) is 4.78. The summed E-state index contributed by atoms with van der Waals surface area (Å²) in [4.78, 5) is 12.2. The van der Waals surface area contributed by atoms with Crippen LogP contribution in [0, 0.1) is 11.3 Å². The van der Waals surface area contributed by atoms with E-state index in [0.717, 1.165) is 19.3 Å². The molecular formula is C23H38O3Si. The second kappa shape index (κ2) is 8.08. The molecule has 1 aromatic rings. The van der Waals surface area contributed by atoms with E-state index >= 15 is 0 Å². The molecule has 0 aromatic heterocycles. The van der Waals surface area contributed by atoms with E-state index in [1.165, 1.54) is 5.56 Å². The number of aryl methyl sites for hydroxylation is 1. The van der Waals surface area contributed by atoms with Gasteiger partial charge in [0.2, 0.25) is 0 Å². The number of hydrogen-bond acceptors (Lipinski definition) is 3. The van der Waals surface area contributed by atoms with Crippen molar-refractivity contribution in [2.24, 2.45) is 11.3 Å². The van der Waals surface area contributed by atoms with Gasteiger partial charge >= 0.3 is 5.97 Å². The number of carbonyl (C=O) groups excluding carboxylic acids is 1. The van der Waals surface area contributed by atoms with E-state index in [0.29, 0.717) is 0 Å². The van der Waals surface area contributed by atoms with E-state index in [1.807, 2.05) is 0 Å². The maximum Gasteiger partial charge on any atom is 0.316 e. The van der Waals surface area contributed by atoms with Crippen LogP contribution in [-0.2, 0) is 20.4 Å². The van der Waals surface area contributed by atoms with E-state index < -0.39 is 8.32 Å². The highest BCUT2D eigenvalue weighted by molar-refractivity contribution is 6.74. The molecule has 0 saturated carbocycles. The minimum Gasteiger partial charge on any atom is -0.461 e. The molecule has 1 aliphatic rings. The first-order valence-electron chi connectivity index (χ1n) is 10.3. The van der Waals surface area contributed by atoms with Crippen LogP contribution in [0.1, 0.15) is 59.9 Å². The minimum atomic E-state index is -1.89. The van der Waals surface area contributed by atoms with Gasteiger partial charge in [-0.3, -0.25) is 4.79 Å². The van der Waals surface area contributed by atoms with Gasteiger partial charge in [0.05, 0.1) is 0 Å². The summed E-state index contributed by atoms with van der Waals surface area (Å²) in [6, 6.07) is 10.6. The van der Waals surface area contributed by atoms with Gasteiger partial charge in [-0.2, -0.15) is 0 Å². The van der Waals surface area contributed by atoms with Crippen LogP contribution in [0.15, 0.2) is 30.3 Å². The Morgan fingerprint density at radius 1 is 1.19 bits per heavy atom. The standard InChI is InChI=1S/C23H38O3Si/c1-17(2)23(6)20(25-21(23)24)16-19(26-27(7,8)22(3,4)5)15-14-18-12-10-9-11-13-18/h9-13,17,19-20H,14-16H2,1-8H3/t19-,20-,23-/m1/s1. The third-order valence-electron chi connectivity index (χ3n) is 6.90. The Morgan fingerprint density at radius 2 is 1.78 bits per heavy atom. The van der Waals surface area contributed by atoms with Gasteiger partial charge in [0.25, 0.3) is 0 Å². The molecule has 0 bridgehead atoms. The molecule has 4 heteroatoms. The molecule has 152 valence electrons. The van der Waals surface area contributed by atoms with Crippen molar-refractivity contribution in [2.45, 2.75) is 91.1 Å². The molecule has 3 atom stereocenters. The molecule has 1 aliphatic heterocycles. The topological polar surface area (TPSA) is 35.5 Å². The van der Waals surface area contributed by atoms with Gasteiger partial charge in [-0.05, 0) is 49.4 Å². The number of esters is 1. The van der Waals surface area contributed by atoms with Crippen molar-refractivity contribution in [3.8, 4) is 0 Å². The fraction of sp³-hybridized carbons (Fsp3) is 0.696. The number of carbonyl (C=O) groups is 1. The number of cyclic esters (lactones) is 1. The quantitative estimate of drug-likeness (QED) is 0.404. The summed E-state index contributed by atoms with van der Waals surface area (Å²) >= 11 is 0. The Bertz CT molecular complexity index is 633. The van der Waals surface area contributed by atoms with Crippen LogP contribution in [0.3, 0.4) is 0 Å². The second-order valence-electron chi connectivity index (χ2n) is 10.1. The van der Waals surface area contributed by atoms with Crippen LogP contribution in [0.25, 0.3) is 0 Å². The average molecular weight is 391 g/mol. The molecular weight excluding hydrogens is 352 g/mol. The summed E-state index contributed by atoms with van der Waals surface area (Å²) in [6.45, 7) is 17.7. The third kappa shape index (κ3) is 4.83. The molecule has 0 unspecified atom stereocenters. The molecule has 0 amide bonds. The van der Waals surface area contributed by atoms with Gasteiger partial charge in [0.15, 0.2) is 8.32 Å². The van der Waals surface area contributed by atoms with Crippen molar-refractivity contribution in [3.05, 3.63) is 35.9 Å². The van der Waals surface area contributed by atoms with Crippen LogP contribution < -0.4 is 0 Å². The third-order valence-corrected chi connectivity index (χ3v) is 11.4. The molecule has 0 spiro atoms. The van der Waals surface area contributed by atoms with Crippen molar-refractivity contribution < 1.29 is 14.0 Å². The highest BCUT2D eigenvalue weighted by atomic mass is 28.4. The lowest BCUT2D eigenvalue weighted by atomic mass is 9.69. The van der Waals surface area contributed by atoms with Crippen LogP contribution in [-0.4, -0.2) is 26.5 Å². The van der Waals surface area contributed by atoms with E-state index in [2.05, 4.69) is 85.0 Å². The van der Waals surface area contributed by atoms with Crippen LogP contribution in [0.5, 0.6) is 0 Å². The van der Waals surface area contributed by atoms with Crippen LogP contribution in [0.4, 0.5) is 0 Å². The predicted molar refractivity (Wildman–Crippen MR) is 114 cm³/mol. The SMILES string of the molecule is CC(C)[C@@]1(C)C(=O)O[C@@H]1C[C@@H](CCc1ccccc1)O[Si](C)(C)C(C)(C)C. The molecule has 1 saturated heterocycles. The normalized spacial score (nSPS) is 24.5. The lowest BCUT2D eigenvalue weighted by Crippen LogP contribution is -2.59. The first-order chi connectivity index (χ1) is 12.4. The smallest absolute Gasteiger partial charge is 0.316 e. The molecule has 1 fully saturated rings. The first kappa shape index (κ1) is 22.2. The van der Waals surface area contributed by atoms with Crippen molar-refractivity contribution in [1.29, 1.82) is 0 Å². The van der Waals surface area contributed by atoms with E-state index in [1.54, 1.807) is 0 Å². The zero-order valence-electron chi connectivity index (χ0n) is 18.5. The zero-order chi connectivity index (χ0) is 20.5. The Hall–Kier alpha value is -1.13. The largest absolute Gasteiger partial charge is 0.461 e. The lowest BCUT2D eigenvalue weighted by molar-refractivity contribution is -0.215. The fourth-order valence-electron chi connectivity index (χ4n) is 3.38. The molecule has 3 nitrogen and oxygen atoms in total. The first-order valence-corrected chi connectivity index (χ1v) is 13.2. The van der Waals surface area contributed by atoms with E-state index in [9.17, 15) is 4.79 Å². The summed E-state index contributed by atoms with van der Waals surface area (Å²) in [6.07, 6.45) is 2.80. The van der Waals surface area contributed by atoms with Gasteiger partial charge in [-0.1, -0.05) is 65.0 Å². The maximum atomic E-state index is 12.2. The second-order valence-corrected chi connectivity index (χ2v) is 14.8. The Kier molecular flexibility index (Phi) is 6.63. The highest BCUT2D eigenvalue weighted by Gasteiger charge is 2.57. The van der Waals surface area contributed by atoms with Crippen LogP contribution >= 0.6 is 0 Å². The maximum absolute atomic E-state index is 12.2. The summed E-state index contributed by atoms with van der Waals surface area (Å²) in [5.41, 5.74) is 0.945. The van der Waals surface area contributed by atoms with E-state index in [4.69, 9.17) is 9.16 Å². The molecule has 0 radical (unpaired) electrons. The Labute approximate surface area is 167 Å².